The fourth-order valence-electron chi connectivity index (χ4n) is 4.06. The maximum atomic E-state index is 14.9. The molecule has 0 spiro atoms. The Morgan fingerprint density at radius 2 is 2.10 bits per heavy atom. The Morgan fingerprint density at radius 3 is 2.72 bits per heavy atom. The van der Waals surface area contributed by atoms with Gasteiger partial charge in [0.15, 0.2) is 0 Å². The van der Waals surface area contributed by atoms with E-state index in [1.54, 1.807) is 6.08 Å². The zero-order chi connectivity index (χ0) is 20.9. The summed E-state index contributed by atoms with van der Waals surface area (Å²) >= 11 is 0. The fraction of sp³-hybridized carbons (Fsp3) is 0.762. The molecule has 0 bridgehead atoms. The molecule has 1 saturated heterocycles. The van der Waals surface area contributed by atoms with Crippen LogP contribution < -0.4 is 34.7 Å². The molecule has 0 aromatic heterocycles. The van der Waals surface area contributed by atoms with E-state index in [0.717, 1.165) is 6.42 Å². The number of allylic oxidation sites excluding steroid dienone is 1. The third-order valence-corrected chi connectivity index (χ3v) is 5.80. The topological polar surface area (TPSA) is 89.8 Å². The van der Waals surface area contributed by atoms with Crippen LogP contribution in [0.4, 0.5) is 8.78 Å². The number of rotatable bonds is 10. The van der Waals surface area contributed by atoms with Crippen molar-refractivity contribution in [1.82, 2.24) is 0 Å². The molecule has 2 fully saturated rings. The molecule has 29 heavy (non-hydrogen) atoms. The first-order valence-electron chi connectivity index (χ1n) is 10.1. The third kappa shape index (κ3) is 7.11. The molecule has 0 aromatic carbocycles. The van der Waals surface area contributed by atoms with E-state index in [9.17, 15) is 28.9 Å². The Kier molecular flexibility index (Phi) is 11.0. The summed E-state index contributed by atoms with van der Waals surface area (Å²) in [4.78, 5) is 10.4. The van der Waals surface area contributed by atoms with Gasteiger partial charge in [0.1, 0.15) is 24.0 Å². The van der Waals surface area contributed by atoms with Crippen LogP contribution in [0.3, 0.4) is 0 Å². The number of hydrogen-bond acceptors (Lipinski definition) is 5. The van der Waals surface area contributed by atoms with E-state index < -0.39 is 54.1 Å². The van der Waals surface area contributed by atoms with Crippen LogP contribution in [0.25, 0.3) is 0 Å². The second-order valence-electron chi connectivity index (χ2n) is 8.09. The van der Waals surface area contributed by atoms with Gasteiger partial charge in [-0.05, 0) is 26.2 Å². The van der Waals surface area contributed by atoms with Crippen LogP contribution >= 0.6 is 0 Å². The van der Waals surface area contributed by atoms with Crippen molar-refractivity contribution in [3.63, 3.8) is 0 Å². The van der Waals surface area contributed by atoms with Gasteiger partial charge >= 0.3 is 29.6 Å². The van der Waals surface area contributed by atoms with Crippen LogP contribution in [0.2, 0.25) is 0 Å². The quantitative estimate of drug-likeness (QED) is 0.348. The average Bonchev–Trinajstić information content (AvgIpc) is 3.09. The smallest absolute Gasteiger partial charge is 0.550 e. The molecule has 1 aliphatic heterocycles. The molecule has 0 amide bonds. The zero-order valence-electron chi connectivity index (χ0n) is 17.5. The van der Waals surface area contributed by atoms with Gasteiger partial charge in [-0.15, -0.1) is 0 Å². The third-order valence-electron chi connectivity index (χ3n) is 5.80. The van der Waals surface area contributed by atoms with Crippen molar-refractivity contribution in [1.29, 1.82) is 0 Å². The number of carbonyl (C=O) groups is 1. The number of hydrogen-bond donors (Lipinski definition) is 2. The van der Waals surface area contributed by atoms with E-state index in [-0.39, 0.29) is 55.2 Å². The molecule has 2 aliphatic rings. The summed E-state index contributed by atoms with van der Waals surface area (Å²) in [6.45, 7) is 3.29. The molecule has 2 unspecified atom stereocenters. The van der Waals surface area contributed by atoms with Crippen molar-refractivity contribution in [2.45, 2.75) is 88.6 Å². The SMILES string of the molecule is CCCCC(C)(F)[C@H](O)/C=C/[C@@H]1[C@H]2C(F)[C@@H](/C=C/CCC(=O)[O-])O[C@@H]2C[C@H]1O.[Na+]. The number of carboxylic acid groups (broad SMARTS) is 1. The molecule has 2 rings (SSSR count). The number of carboxylic acids is 1. The number of aliphatic hydroxyl groups is 2. The van der Waals surface area contributed by atoms with Crippen molar-refractivity contribution < 1.29 is 63.2 Å². The first kappa shape index (κ1) is 26.7. The van der Waals surface area contributed by atoms with E-state index in [2.05, 4.69) is 0 Å². The fourth-order valence-corrected chi connectivity index (χ4v) is 4.06. The molecular weight excluding hydrogens is 393 g/mol. The van der Waals surface area contributed by atoms with Gasteiger partial charge in [-0.1, -0.05) is 44.1 Å². The zero-order valence-corrected chi connectivity index (χ0v) is 19.5. The van der Waals surface area contributed by atoms with Crippen LogP contribution in [0.15, 0.2) is 24.3 Å². The normalized spacial score (nSPS) is 34.8. The number of fused-ring (bicyclic) bond motifs is 1. The van der Waals surface area contributed by atoms with E-state index >= 15 is 0 Å². The molecule has 2 N–H and O–H groups in total. The minimum atomic E-state index is -1.78. The second-order valence-corrected chi connectivity index (χ2v) is 8.09. The van der Waals surface area contributed by atoms with E-state index in [0.29, 0.717) is 6.42 Å². The number of halogens is 2. The summed E-state index contributed by atoms with van der Waals surface area (Å²) in [5.74, 6) is -2.33. The molecule has 1 aliphatic carbocycles. The van der Waals surface area contributed by atoms with Crippen LogP contribution in [0.1, 0.15) is 52.4 Å². The van der Waals surface area contributed by atoms with Crippen LogP contribution in [0, 0.1) is 11.8 Å². The van der Waals surface area contributed by atoms with Crippen molar-refractivity contribution in [2.24, 2.45) is 11.8 Å². The van der Waals surface area contributed by atoms with E-state index in [1.807, 2.05) is 6.92 Å². The first-order chi connectivity index (χ1) is 13.2. The van der Waals surface area contributed by atoms with Gasteiger partial charge in [0, 0.05) is 24.2 Å². The van der Waals surface area contributed by atoms with Gasteiger partial charge in [0.05, 0.1) is 12.2 Å². The Balaban J connectivity index is 0.00000420. The Morgan fingerprint density at radius 1 is 1.41 bits per heavy atom. The van der Waals surface area contributed by atoms with Crippen molar-refractivity contribution in [2.75, 3.05) is 0 Å². The number of aliphatic hydroxyl groups excluding tert-OH is 2. The van der Waals surface area contributed by atoms with Gasteiger partial charge in [0.25, 0.3) is 0 Å². The van der Waals surface area contributed by atoms with Gasteiger partial charge in [-0.3, -0.25) is 0 Å². The monoisotopic (exact) mass is 424 g/mol. The van der Waals surface area contributed by atoms with E-state index in [4.69, 9.17) is 4.74 Å². The molecule has 1 heterocycles. The minimum Gasteiger partial charge on any atom is -0.550 e. The van der Waals surface area contributed by atoms with Crippen molar-refractivity contribution in [3.05, 3.63) is 24.3 Å². The van der Waals surface area contributed by atoms with E-state index in [1.165, 1.54) is 25.2 Å². The molecule has 0 aromatic rings. The summed E-state index contributed by atoms with van der Waals surface area (Å²) in [6.07, 6.45) is 3.17. The molecule has 5 nitrogen and oxygen atoms in total. The van der Waals surface area contributed by atoms with Gasteiger partial charge < -0.3 is 24.9 Å². The molecule has 0 radical (unpaired) electrons. The van der Waals surface area contributed by atoms with Crippen molar-refractivity contribution in [3.8, 4) is 0 Å². The Hall–Kier alpha value is -0.310. The molecule has 8 heteroatoms. The Bertz CT molecular complexity index is 583. The summed E-state index contributed by atoms with van der Waals surface area (Å²) in [5, 5.41) is 30.9. The maximum Gasteiger partial charge on any atom is 1.00 e. The largest absolute Gasteiger partial charge is 1.00 e. The second kappa shape index (κ2) is 11.9. The van der Waals surface area contributed by atoms with Crippen LogP contribution in [-0.2, 0) is 9.53 Å². The molecule has 160 valence electrons. The first-order valence-corrected chi connectivity index (χ1v) is 10.1. The summed E-state index contributed by atoms with van der Waals surface area (Å²) in [5.41, 5.74) is -1.78. The number of ether oxygens (including phenoxy) is 1. The number of carbonyl (C=O) groups excluding carboxylic acids is 1. The predicted octanol–water partition coefficient (Wildman–Crippen LogP) is -0.985. The van der Waals surface area contributed by atoms with Gasteiger partial charge in [-0.2, -0.15) is 0 Å². The van der Waals surface area contributed by atoms with Gasteiger partial charge in [0.2, 0.25) is 0 Å². The average molecular weight is 424 g/mol. The number of unbranched alkanes of at least 4 members (excludes halogenated alkanes) is 1. The van der Waals surface area contributed by atoms with Gasteiger partial charge in [-0.25, -0.2) is 8.78 Å². The number of aliphatic carboxylic acids is 1. The molecular formula is C21H31F2NaO5. The van der Waals surface area contributed by atoms with Crippen molar-refractivity contribution >= 4 is 5.97 Å². The summed E-state index contributed by atoms with van der Waals surface area (Å²) in [7, 11) is 0. The van der Waals surface area contributed by atoms with Crippen LogP contribution in [0.5, 0.6) is 0 Å². The Labute approximate surface area is 193 Å². The van der Waals surface area contributed by atoms with Crippen LogP contribution in [-0.4, -0.2) is 52.4 Å². The standard InChI is InChI=1S/C21H32F2O5.Na/c1-3-4-11-21(2,23)17(25)10-9-13-14(24)12-16-19(13)20(22)15(28-16)7-5-6-8-18(26)27;/h5,7,9-10,13-17,19-20,24-25H,3-4,6,8,11-12H2,1-2H3,(H,26,27);/q;+1/p-1/b7-5+,10-9+;/t13-,14+,15+,16+,17+,19+,20?,21?;/m0./s1. The molecule has 8 atom stereocenters. The minimum absolute atomic E-state index is 0. The summed E-state index contributed by atoms with van der Waals surface area (Å²) < 4.78 is 35.1. The molecule has 1 saturated carbocycles. The maximum absolute atomic E-state index is 14.9. The number of alkyl halides is 2. The summed E-state index contributed by atoms with van der Waals surface area (Å²) in [6, 6.07) is 0. The predicted molar refractivity (Wildman–Crippen MR) is 98.7 cm³/mol.